The number of hydrogen-bond acceptors (Lipinski definition) is 3. The number of nitrogens with two attached hydrogens (primary N) is 1. The Labute approximate surface area is 114 Å². The van der Waals surface area contributed by atoms with Crippen LogP contribution in [0.2, 0.25) is 0 Å². The summed E-state index contributed by atoms with van der Waals surface area (Å²) in [5, 5.41) is 7.05. The van der Waals surface area contributed by atoms with Crippen molar-refractivity contribution in [2.75, 3.05) is 12.3 Å². The van der Waals surface area contributed by atoms with Crippen molar-refractivity contribution in [1.82, 2.24) is 4.72 Å². The molecule has 19 heavy (non-hydrogen) atoms. The second kappa shape index (κ2) is 7.91. The molecule has 0 amide bonds. The van der Waals surface area contributed by atoms with Crippen molar-refractivity contribution in [3.05, 3.63) is 35.9 Å². The second-order valence-corrected chi connectivity index (χ2v) is 6.36. The lowest BCUT2D eigenvalue weighted by Gasteiger charge is -2.06. The van der Waals surface area contributed by atoms with Gasteiger partial charge in [0, 0.05) is 13.0 Å². The van der Waals surface area contributed by atoms with Crippen LogP contribution in [0.3, 0.4) is 0 Å². The highest BCUT2D eigenvalue weighted by Crippen LogP contribution is 2.01. The first-order chi connectivity index (χ1) is 8.99. The molecule has 0 aromatic heterocycles. The maximum Gasteiger partial charge on any atom is 0.211 e. The van der Waals surface area contributed by atoms with Crippen molar-refractivity contribution in [3.63, 3.8) is 0 Å². The molecule has 0 saturated carbocycles. The van der Waals surface area contributed by atoms with E-state index in [1.54, 1.807) is 0 Å². The van der Waals surface area contributed by atoms with Gasteiger partial charge in [0.15, 0.2) is 0 Å². The van der Waals surface area contributed by atoms with Gasteiger partial charge in [-0.2, -0.15) is 0 Å². The molecule has 1 aromatic carbocycles. The minimum Gasteiger partial charge on any atom is -0.388 e. The van der Waals surface area contributed by atoms with Gasteiger partial charge in [-0.05, 0) is 24.8 Å². The van der Waals surface area contributed by atoms with E-state index in [9.17, 15) is 8.42 Å². The number of nitrogens with one attached hydrogen (secondary N) is 2. The van der Waals surface area contributed by atoms with E-state index in [0.29, 0.717) is 25.8 Å². The SMILES string of the molecule is N=C(N)CCCCNS(=O)(=O)CCc1ccccc1. The molecule has 5 nitrogen and oxygen atoms in total. The molecule has 0 spiro atoms. The Morgan fingerprint density at radius 3 is 2.53 bits per heavy atom. The Kier molecular flexibility index (Phi) is 6.52. The Bertz CT molecular complexity index is 486. The first kappa shape index (κ1) is 15.7. The third-order valence-corrected chi connectivity index (χ3v) is 4.08. The van der Waals surface area contributed by atoms with Gasteiger partial charge in [0.05, 0.1) is 11.6 Å². The summed E-state index contributed by atoms with van der Waals surface area (Å²) in [6, 6.07) is 9.55. The van der Waals surface area contributed by atoms with Crippen LogP contribution in [-0.4, -0.2) is 26.6 Å². The number of amidine groups is 1. The molecule has 0 bridgehead atoms. The summed E-state index contributed by atoms with van der Waals surface area (Å²) in [5.74, 6) is 0.246. The van der Waals surface area contributed by atoms with Crippen LogP contribution in [0.1, 0.15) is 24.8 Å². The topological polar surface area (TPSA) is 96.0 Å². The Balaban J connectivity index is 2.23. The molecule has 1 aromatic rings. The molecule has 0 unspecified atom stereocenters. The van der Waals surface area contributed by atoms with Crippen LogP contribution in [0.5, 0.6) is 0 Å². The highest BCUT2D eigenvalue weighted by molar-refractivity contribution is 7.89. The summed E-state index contributed by atoms with van der Waals surface area (Å²) in [6.45, 7) is 0.407. The Hall–Kier alpha value is -1.40. The second-order valence-electron chi connectivity index (χ2n) is 4.43. The van der Waals surface area contributed by atoms with Gasteiger partial charge in [-0.3, -0.25) is 5.41 Å². The summed E-state index contributed by atoms with van der Waals surface area (Å²) in [7, 11) is -3.22. The molecule has 0 fully saturated rings. The lowest BCUT2D eigenvalue weighted by atomic mass is 10.2. The van der Waals surface area contributed by atoms with Crippen LogP contribution in [0.15, 0.2) is 30.3 Å². The lowest BCUT2D eigenvalue weighted by molar-refractivity contribution is 0.576. The maximum absolute atomic E-state index is 11.7. The Morgan fingerprint density at radius 1 is 1.21 bits per heavy atom. The molecule has 4 N–H and O–H groups in total. The van der Waals surface area contributed by atoms with Crippen molar-refractivity contribution in [3.8, 4) is 0 Å². The first-order valence-corrected chi connectivity index (χ1v) is 7.99. The fourth-order valence-electron chi connectivity index (χ4n) is 1.64. The summed E-state index contributed by atoms with van der Waals surface area (Å²) in [5.41, 5.74) is 6.24. The van der Waals surface area contributed by atoms with Gasteiger partial charge in [-0.15, -0.1) is 0 Å². The lowest BCUT2D eigenvalue weighted by Crippen LogP contribution is -2.28. The molecule has 0 heterocycles. The van der Waals surface area contributed by atoms with E-state index < -0.39 is 10.0 Å². The summed E-state index contributed by atoms with van der Waals surface area (Å²) in [6.07, 6.45) is 2.47. The fourth-order valence-corrected chi connectivity index (χ4v) is 2.74. The summed E-state index contributed by atoms with van der Waals surface area (Å²) in [4.78, 5) is 0. The molecule has 0 aliphatic heterocycles. The zero-order valence-electron chi connectivity index (χ0n) is 10.9. The maximum atomic E-state index is 11.7. The number of sulfonamides is 1. The fraction of sp³-hybridized carbons (Fsp3) is 0.462. The molecule has 106 valence electrons. The van der Waals surface area contributed by atoms with E-state index in [1.807, 2.05) is 30.3 Å². The van der Waals surface area contributed by atoms with Crippen LogP contribution in [0.25, 0.3) is 0 Å². The van der Waals surface area contributed by atoms with Crippen molar-refractivity contribution in [2.24, 2.45) is 5.73 Å². The minimum absolute atomic E-state index is 0.101. The zero-order chi connectivity index (χ0) is 14.1. The number of unbranched alkanes of at least 4 members (excludes halogenated alkanes) is 1. The van der Waals surface area contributed by atoms with Crippen molar-refractivity contribution < 1.29 is 8.42 Å². The summed E-state index contributed by atoms with van der Waals surface area (Å²) >= 11 is 0. The van der Waals surface area contributed by atoms with Crippen LogP contribution >= 0.6 is 0 Å². The van der Waals surface area contributed by atoms with Gasteiger partial charge < -0.3 is 5.73 Å². The number of benzene rings is 1. The first-order valence-electron chi connectivity index (χ1n) is 6.34. The molecule has 0 atom stereocenters. The normalized spacial score (nSPS) is 11.4. The third-order valence-electron chi connectivity index (χ3n) is 2.70. The van der Waals surface area contributed by atoms with Gasteiger partial charge in [0.1, 0.15) is 0 Å². The van der Waals surface area contributed by atoms with Crippen LogP contribution in [0, 0.1) is 5.41 Å². The molecule has 0 aliphatic carbocycles. The molecular weight excluding hydrogens is 262 g/mol. The molecule has 1 rings (SSSR count). The number of aryl methyl sites for hydroxylation is 1. The molecule has 6 heteroatoms. The standard InChI is InChI=1S/C13H21N3O2S/c14-13(15)8-4-5-10-16-19(17,18)11-9-12-6-2-1-3-7-12/h1-3,6-7,16H,4-5,8-11H2,(H3,14,15). The average Bonchev–Trinajstić information content (AvgIpc) is 2.37. The molecular formula is C13H21N3O2S. The van der Waals surface area contributed by atoms with Crippen molar-refractivity contribution in [2.45, 2.75) is 25.7 Å². The van der Waals surface area contributed by atoms with E-state index in [1.165, 1.54) is 0 Å². The largest absolute Gasteiger partial charge is 0.388 e. The van der Waals surface area contributed by atoms with E-state index in [-0.39, 0.29) is 11.6 Å². The van der Waals surface area contributed by atoms with E-state index in [0.717, 1.165) is 12.0 Å². The molecule has 0 aliphatic rings. The number of rotatable bonds is 9. The van der Waals surface area contributed by atoms with Crippen molar-refractivity contribution in [1.29, 1.82) is 5.41 Å². The van der Waals surface area contributed by atoms with Crippen LogP contribution in [0.4, 0.5) is 0 Å². The average molecular weight is 283 g/mol. The molecule has 0 radical (unpaired) electrons. The quantitative estimate of drug-likeness (QED) is 0.361. The van der Waals surface area contributed by atoms with Crippen LogP contribution in [-0.2, 0) is 16.4 Å². The monoisotopic (exact) mass is 283 g/mol. The minimum atomic E-state index is -3.22. The van der Waals surface area contributed by atoms with Gasteiger partial charge >= 0.3 is 0 Å². The van der Waals surface area contributed by atoms with Crippen LogP contribution < -0.4 is 10.5 Å². The predicted octanol–water partition coefficient (Wildman–Crippen LogP) is 1.25. The van der Waals surface area contributed by atoms with Gasteiger partial charge in [0.25, 0.3) is 0 Å². The Morgan fingerprint density at radius 2 is 1.89 bits per heavy atom. The third kappa shape index (κ3) is 7.58. The highest BCUT2D eigenvalue weighted by atomic mass is 32.2. The number of hydrogen-bond donors (Lipinski definition) is 3. The van der Waals surface area contributed by atoms with E-state index in [4.69, 9.17) is 11.1 Å². The molecule has 0 saturated heterocycles. The smallest absolute Gasteiger partial charge is 0.211 e. The van der Waals surface area contributed by atoms with Crippen molar-refractivity contribution >= 4 is 15.9 Å². The highest BCUT2D eigenvalue weighted by Gasteiger charge is 2.09. The van der Waals surface area contributed by atoms with Gasteiger partial charge in [-0.25, -0.2) is 13.1 Å². The van der Waals surface area contributed by atoms with E-state index >= 15 is 0 Å². The zero-order valence-corrected chi connectivity index (χ0v) is 11.7. The summed E-state index contributed by atoms with van der Waals surface area (Å²) < 4.78 is 26.0. The van der Waals surface area contributed by atoms with Gasteiger partial charge in [0.2, 0.25) is 10.0 Å². The van der Waals surface area contributed by atoms with Gasteiger partial charge in [-0.1, -0.05) is 30.3 Å². The predicted molar refractivity (Wildman–Crippen MR) is 77.7 cm³/mol. The van der Waals surface area contributed by atoms with E-state index in [2.05, 4.69) is 4.72 Å².